The van der Waals surface area contributed by atoms with Gasteiger partial charge in [0.05, 0.1) is 28.1 Å². The molecule has 1 aliphatic rings. The number of hydrogen-bond acceptors (Lipinski definition) is 5. The molecule has 1 aliphatic heterocycles. The summed E-state index contributed by atoms with van der Waals surface area (Å²) in [5.41, 5.74) is 0.987. The molecule has 0 spiro atoms. The average molecular weight is 494 g/mol. The van der Waals surface area contributed by atoms with Crippen LogP contribution in [0.15, 0.2) is 52.4 Å². The fourth-order valence-electron chi connectivity index (χ4n) is 3.87. The highest BCUT2D eigenvalue weighted by Gasteiger charge is 2.33. The molecule has 0 N–H and O–H groups in total. The number of thiazole rings is 1. The third-order valence-corrected chi connectivity index (χ3v) is 8.77. The van der Waals surface area contributed by atoms with Crippen molar-refractivity contribution in [2.75, 3.05) is 20.2 Å². The quantitative estimate of drug-likeness (QED) is 0.539. The van der Waals surface area contributed by atoms with Gasteiger partial charge in [-0.2, -0.15) is 9.30 Å². The molecule has 4 rings (SSSR count). The van der Waals surface area contributed by atoms with Gasteiger partial charge in [0.15, 0.2) is 4.80 Å². The van der Waals surface area contributed by atoms with E-state index in [-0.39, 0.29) is 17.3 Å². The second-order valence-corrected chi connectivity index (χ2v) is 11.0. The Morgan fingerprint density at radius 1 is 1.25 bits per heavy atom. The number of amides is 1. The van der Waals surface area contributed by atoms with Gasteiger partial charge in [0.1, 0.15) is 5.75 Å². The molecule has 0 bridgehead atoms. The van der Waals surface area contributed by atoms with E-state index in [1.165, 1.54) is 27.8 Å². The van der Waals surface area contributed by atoms with E-state index in [4.69, 9.17) is 16.3 Å². The number of methoxy groups -OCH3 is 1. The van der Waals surface area contributed by atoms with Gasteiger partial charge < -0.3 is 9.30 Å². The number of nitrogens with zero attached hydrogens (tertiary/aromatic N) is 3. The lowest BCUT2D eigenvalue weighted by Gasteiger charge is -2.30. The first kappa shape index (κ1) is 23.0. The third-order valence-electron chi connectivity index (χ3n) is 5.60. The maximum atomic E-state index is 13.1. The van der Waals surface area contributed by atoms with Crippen LogP contribution in [0.5, 0.6) is 5.75 Å². The summed E-state index contributed by atoms with van der Waals surface area (Å²) in [6, 6.07) is 11.8. The van der Waals surface area contributed by atoms with Gasteiger partial charge >= 0.3 is 0 Å². The maximum Gasteiger partial charge on any atom is 0.252 e. The first-order valence-corrected chi connectivity index (χ1v) is 13.0. The van der Waals surface area contributed by atoms with Crippen molar-refractivity contribution < 1.29 is 17.9 Å². The summed E-state index contributed by atoms with van der Waals surface area (Å²) >= 11 is 7.31. The minimum absolute atomic E-state index is 0.123. The molecule has 10 heteroatoms. The fraction of sp³-hybridized carbons (Fsp3) is 0.364. The van der Waals surface area contributed by atoms with E-state index < -0.39 is 15.9 Å². The van der Waals surface area contributed by atoms with Gasteiger partial charge in [0.2, 0.25) is 10.0 Å². The van der Waals surface area contributed by atoms with Crippen LogP contribution in [-0.2, 0) is 21.4 Å². The summed E-state index contributed by atoms with van der Waals surface area (Å²) in [5, 5.41) is 0.472. The highest BCUT2D eigenvalue weighted by Crippen LogP contribution is 2.26. The van der Waals surface area contributed by atoms with Gasteiger partial charge in [-0.15, -0.1) is 0 Å². The molecular weight excluding hydrogens is 470 g/mol. The van der Waals surface area contributed by atoms with E-state index in [1.807, 2.05) is 29.7 Å². The lowest BCUT2D eigenvalue weighted by atomic mass is 9.99. The number of fused-ring (bicyclic) bond motifs is 1. The van der Waals surface area contributed by atoms with Crippen molar-refractivity contribution in [1.29, 1.82) is 0 Å². The molecule has 7 nitrogen and oxygen atoms in total. The Morgan fingerprint density at radius 2 is 2.00 bits per heavy atom. The number of carbonyl (C=O) groups is 1. The SMILES string of the molecule is CCn1c(=NC(=O)C2CCCN(S(=O)(=O)c3ccc(Cl)cc3)C2)sc2cc(OC)ccc21. The zero-order chi connectivity index (χ0) is 22.9. The van der Waals surface area contributed by atoms with Crippen molar-refractivity contribution in [2.24, 2.45) is 10.9 Å². The van der Waals surface area contributed by atoms with E-state index >= 15 is 0 Å². The minimum Gasteiger partial charge on any atom is -0.497 e. The van der Waals surface area contributed by atoms with E-state index in [0.717, 1.165) is 16.0 Å². The van der Waals surface area contributed by atoms with Crippen LogP contribution in [-0.4, -0.2) is 43.4 Å². The van der Waals surface area contributed by atoms with Crippen molar-refractivity contribution >= 4 is 49.1 Å². The Hall–Kier alpha value is -2.20. The van der Waals surface area contributed by atoms with Crippen molar-refractivity contribution in [3.63, 3.8) is 0 Å². The Labute approximate surface area is 196 Å². The van der Waals surface area contributed by atoms with E-state index in [0.29, 0.717) is 35.8 Å². The van der Waals surface area contributed by atoms with Crippen LogP contribution in [0.2, 0.25) is 5.02 Å². The smallest absolute Gasteiger partial charge is 0.252 e. The number of carbonyl (C=O) groups excluding carboxylic acids is 1. The molecule has 170 valence electrons. The van der Waals surface area contributed by atoms with Gasteiger partial charge in [-0.25, -0.2) is 8.42 Å². The first-order chi connectivity index (χ1) is 15.3. The second kappa shape index (κ2) is 9.35. The van der Waals surface area contributed by atoms with Crippen LogP contribution in [0.3, 0.4) is 0 Å². The van der Waals surface area contributed by atoms with Gasteiger partial charge in [-0.3, -0.25) is 4.79 Å². The number of piperidine rings is 1. The topological polar surface area (TPSA) is 81.0 Å². The highest BCUT2D eigenvalue weighted by atomic mass is 35.5. The summed E-state index contributed by atoms with van der Waals surface area (Å²) in [5.74, 6) is -0.0205. The average Bonchev–Trinajstić information content (AvgIpc) is 3.15. The second-order valence-electron chi connectivity index (χ2n) is 7.57. The zero-order valence-electron chi connectivity index (χ0n) is 17.8. The fourth-order valence-corrected chi connectivity index (χ4v) is 6.65. The zero-order valence-corrected chi connectivity index (χ0v) is 20.2. The van der Waals surface area contributed by atoms with Gasteiger partial charge in [-0.1, -0.05) is 22.9 Å². The summed E-state index contributed by atoms with van der Waals surface area (Å²) in [6.07, 6.45) is 1.22. The Kier molecular flexibility index (Phi) is 6.71. The van der Waals surface area contributed by atoms with Gasteiger partial charge in [0, 0.05) is 24.7 Å². The van der Waals surface area contributed by atoms with Crippen molar-refractivity contribution in [3.8, 4) is 5.75 Å². The lowest BCUT2D eigenvalue weighted by molar-refractivity contribution is -0.122. The molecule has 0 aliphatic carbocycles. The molecule has 1 aromatic heterocycles. The predicted molar refractivity (Wildman–Crippen MR) is 126 cm³/mol. The summed E-state index contributed by atoms with van der Waals surface area (Å²) in [6.45, 7) is 3.17. The Morgan fingerprint density at radius 3 is 2.69 bits per heavy atom. The molecule has 1 saturated heterocycles. The molecule has 3 aromatic rings. The van der Waals surface area contributed by atoms with E-state index in [2.05, 4.69) is 4.99 Å². The molecule has 0 radical (unpaired) electrons. The van der Waals surface area contributed by atoms with Crippen molar-refractivity contribution in [2.45, 2.75) is 31.2 Å². The number of aromatic nitrogens is 1. The first-order valence-electron chi connectivity index (χ1n) is 10.3. The number of halogens is 1. The number of rotatable bonds is 5. The van der Waals surface area contributed by atoms with Gasteiger partial charge in [-0.05, 0) is 62.2 Å². The molecule has 1 unspecified atom stereocenters. The number of ether oxygens (including phenoxy) is 1. The monoisotopic (exact) mass is 493 g/mol. The summed E-state index contributed by atoms with van der Waals surface area (Å²) < 4.78 is 35.7. The molecule has 32 heavy (non-hydrogen) atoms. The van der Waals surface area contributed by atoms with Crippen LogP contribution in [0, 0.1) is 5.92 Å². The van der Waals surface area contributed by atoms with Crippen LogP contribution in [0.1, 0.15) is 19.8 Å². The molecule has 1 amide bonds. The number of aryl methyl sites for hydroxylation is 1. The van der Waals surface area contributed by atoms with Crippen LogP contribution in [0.4, 0.5) is 0 Å². The van der Waals surface area contributed by atoms with Gasteiger partial charge in [0.25, 0.3) is 5.91 Å². The minimum atomic E-state index is -3.69. The van der Waals surface area contributed by atoms with Crippen molar-refractivity contribution in [3.05, 3.63) is 52.3 Å². The molecule has 1 atom stereocenters. The van der Waals surface area contributed by atoms with E-state index in [9.17, 15) is 13.2 Å². The normalized spacial score (nSPS) is 18.2. The Balaban J connectivity index is 1.61. The van der Waals surface area contributed by atoms with Crippen LogP contribution >= 0.6 is 22.9 Å². The van der Waals surface area contributed by atoms with Crippen LogP contribution < -0.4 is 9.54 Å². The van der Waals surface area contributed by atoms with Crippen molar-refractivity contribution in [1.82, 2.24) is 8.87 Å². The largest absolute Gasteiger partial charge is 0.497 e. The molecule has 0 saturated carbocycles. The third kappa shape index (κ3) is 4.47. The Bertz CT molecular complexity index is 1310. The summed E-state index contributed by atoms with van der Waals surface area (Å²) in [4.78, 5) is 18.2. The van der Waals surface area contributed by atoms with Crippen LogP contribution in [0.25, 0.3) is 10.2 Å². The predicted octanol–water partition coefficient (Wildman–Crippen LogP) is 3.91. The van der Waals surface area contributed by atoms with E-state index in [1.54, 1.807) is 19.2 Å². The molecular formula is C22H24ClN3O4S2. The standard InChI is InChI=1S/C22H24ClN3O4S2/c1-3-26-19-11-8-17(30-2)13-20(19)31-22(26)24-21(27)15-5-4-12-25(14-15)32(28,29)18-9-6-16(23)7-10-18/h6-11,13,15H,3-5,12,14H2,1-2H3. The molecule has 1 fully saturated rings. The lowest BCUT2D eigenvalue weighted by Crippen LogP contribution is -2.42. The highest BCUT2D eigenvalue weighted by molar-refractivity contribution is 7.89. The molecule has 2 heterocycles. The molecule has 2 aromatic carbocycles. The number of hydrogen-bond donors (Lipinski definition) is 0. The maximum absolute atomic E-state index is 13.1. The number of benzene rings is 2. The number of sulfonamides is 1. The summed E-state index contributed by atoms with van der Waals surface area (Å²) in [7, 11) is -2.08.